The van der Waals surface area contributed by atoms with Crippen molar-refractivity contribution in [3.05, 3.63) is 126 Å². The van der Waals surface area contributed by atoms with Crippen molar-refractivity contribution >= 4 is 26.1 Å². The molecule has 0 nitrogen and oxygen atoms in total. The molecular formula is C42H51P. The SMILES string of the molecule is C(=CC1CCC(P(C2CCC(C=Cc3ccccc3)CC2)C2CCC(C=Cc3ccccc3)CC2)CC1)c1ccccc1. The molecule has 1 heteroatoms. The molecule has 0 N–H and O–H groups in total. The summed E-state index contributed by atoms with van der Waals surface area (Å²) in [5.74, 6) is 2.31. The molecule has 3 aromatic rings. The summed E-state index contributed by atoms with van der Waals surface area (Å²) in [7, 11) is 0.0961. The Labute approximate surface area is 263 Å². The van der Waals surface area contributed by atoms with Gasteiger partial charge in [-0.2, -0.15) is 0 Å². The summed E-state index contributed by atoms with van der Waals surface area (Å²) < 4.78 is 0. The van der Waals surface area contributed by atoms with Gasteiger partial charge in [-0.25, -0.2) is 0 Å². The lowest BCUT2D eigenvalue weighted by Gasteiger charge is -2.46. The third-order valence-corrected chi connectivity index (χ3v) is 14.6. The van der Waals surface area contributed by atoms with Crippen molar-refractivity contribution in [2.45, 2.75) is 94.0 Å². The van der Waals surface area contributed by atoms with E-state index in [-0.39, 0.29) is 7.92 Å². The van der Waals surface area contributed by atoms with Gasteiger partial charge in [-0.05, 0) is 128 Å². The minimum absolute atomic E-state index is 0.0961. The molecule has 0 aromatic heterocycles. The van der Waals surface area contributed by atoms with E-state index in [1.165, 1.54) is 93.7 Å². The van der Waals surface area contributed by atoms with Crippen LogP contribution in [0.1, 0.15) is 93.7 Å². The Morgan fingerprint density at radius 2 is 0.605 bits per heavy atom. The van der Waals surface area contributed by atoms with E-state index in [0.717, 1.165) is 34.7 Å². The molecule has 3 saturated carbocycles. The Balaban J connectivity index is 1.08. The lowest BCUT2D eigenvalue weighted by Crippen LogP contribution is -2.31. The minimum Gasteiger partial charge on any atom is -0.0971 e. The van der Waals surface area contributed by atoms with Crippen molar-refractivity contribution in [3.63, 3.8) is 0 Å². The molecule has 0 atom stereocenters. The fraction of sp³-hybridized carbons (Fsp3) is 0.429. The van der Waals surface area contributed by atoms with E-state index in [1.807, 2.05) is 0 Å². The summed E-state index contributed by atoms with van der Waals surface area (Å²) in [5.41, 5.74) is 7.05. The molecule has 43 heavy (non-hydrogen) atoms. The highest BCUT2D eigenvalue weighted by Gasteiger charge is 2.39. The monoisotopic (exact) mass is 586 g/mol. The number of hydrogen-bond donors (Lipinski definition) is 0. The highest BCUT2D eigenvalue weighted by atomic mass is 31.1. The van der Waals surface area contributed by atoms with E-state index in [0.29, 0.717) is 0 Å². The van der Waals surface area contributed by atoms with Gasteiger partial charge in [-0.1, -0.05) is 135 Å². The number of benzene rings is 3. The van der Waals surface area contributed by atoms with Gasteiger partial charge in [-0.3, -0.25) is 0 Å². The third kappa shape index (κ3) is 8.92. The first-order valence-electron chi connectivity index (χ1n) is 17.3. The summed E-state index contributed by atoms with van der Waals surface area (Å²) in [4.78, 5) is 0. The standard InChI is InChI=1S/C42H51P/c1-4-10-34(11-5-1)16-19-37-22-28-40(29-23-37)43(41-30-24-38(25-31-41)20-17-35-12-6-2-7-13-35)42-32-26-39(27-33-42)21-18-36-14-8-3-9-15-36/h1-21,37-42H,22-33H2. The molecule has 3 aromatic carbocycles. The van der Waals surface area contributed by atoms with Crippen LogP contribution in [0.2, 0.25) is 0 Å². The molecule has 0 radical (unpaired) electrons. The predicted octanol–water partition coefficient (Wildman–Crippen LogP) is 12.3. The van der Waals surface area contributed by atoms with Crippen molar-refractivity contribution in [2.75, 3.05) is 0 Å². The van der Waals surface area contributed by atoms with Crippen LogP contribution in [-0.2, 0) is 0 Å². The molecule has 6 rings (SSSR count). The van der Waals surface area contributed by atoms with Crippen molar-refractivity contribution in [1.82, 2.24) is 0 Å². The van der Waals surface area contributed by atoms with E-state index < -0.39 is 0 Å². The van der Waals surface area contributed by atoms with E-state index in [9.17, 15) is 0 Å². The first-order chi connectivity index (χ1) is 21.3. The van der Waals surface area contributed by atoms with Crippen LogP contribution in [0.5, 0.6) is 0 Å². The van der Waals surface area contributed by atoms with Gasteiger partial charge in [0.2, 0.25) is 0 Å². The Morgan fingerprint density at radius 1 is 0.349 bits per heavy atom. The Bertz CT molecular complexity index is 1120. The molecule has 0 aliphatic heterocycles. The van der Waals surface area contributed by atoms with Gasteiger partial charge in [0, 0.05) is 0 Å². The number of rotatable bonds is 9. The lowest BCUT2D eigenvalue weighted by molar-refractivity contribution is 0.388. The maximum atomic E-state index is 2.53. The Hall–Kier alpha value is -2.69. The second-order valence-electron chi connectivity index (χ2n) is 13.5. The molecule has 3 aliphatic rings. The topological polar surface area (TPSA) is 0 Å². The van der Waals surface area contributed by atoms with Crippen LogP contribution in [0.3, 0.4) is 0 Å². The zero-order valence-electron chi connectivity index (χ0n) is 26.0. The molecule has 0 saturated heterocycles. The molecule has 0 spiro atoms. The maximum absolute atomic E-state index is 2.53. The Kier molecular flexibility index (Phi) is 11.2. The summed E-state index contributed by atoms with van der Waals surface area (Å²) >= 11 is 0. The van der Waals surface area contributed by atoms with Crippen molar-refractivity contribution in [1.29, 1.82) is 0 Å². The van der Waals surface area contributed by atoms with Crippen LogP contribution in [-0.4, -0.2) is 17.0 Å². The van der Waals surface area contributed by atoms with Crippen molar-refractivity contribution in [3.8, 4) is 0 Å². The van der Waals surface area contributed by atoms with Crippen LogP contribution >= 0.6 is 7.92 Å². The summed E-state index contributed by atoms with van der Waals surface area (Å²) in [5, 5.41) is 0. The molecule has 3 fully saturated rings. The van der Waals surface area contributed by atoms with Crippen molar-refractivity contribution in [2.24, 2.45) is 17.8 Å². The van der Waals surface area contributed by atoms with E-state index in [2.05, 4.69) is 127 Å². The first-order valence-corrected chi connectivity index (χ1v) is 18.8. The van der Waals surface area contributed by atoms with Crippen LogP contribution in [0.15, 0.2) is 109 Å². The third-order valence-electron chi connectivity index (χ3n) is 10.6. The van der Waals surface area contributed by atoms with Crippen LogP contribution in [0.25, 0.3) is 18.2 Å². The van der Waals surface area contributed by atoms with E-state index >= 15 is 0 Å². The largest absolute Gasteiger partial charge is 0.0971 e. The summed E-state index contributed by atoms with van der Waals surface area (Å²) in [6, 6.07) is 32.7. The zero-order chi connectivity index (χ0) is 29.1. The minimum atomic E-state index is 0.0961. The fourth-order valence-corrected chi connectivity index (χ4v) is 12.6. The van der Waals surface area contributed by atoms with Gasteiger partial charge >= 0.3 is 0 Å². The van der Waals surface area contributed by atoms with Gasteiger partial charge in [0.1, 0.15) is 0 Å². The molecular weight excluding hydrogens is 535 g/mol. The van der Waals surface area contributed by atoms with Crippen molar-refractivity contribution < 1.29 is 0 Å². The fourth-order valence-electron chi connectivity index (χ4n) is 8.11. The van der Waals surface area contributed by atoms with Gasteiger partial charge in [0.05, 0.1) is 0 Å². The number of hydrogen-bond acceptors (Lipinski definition) is 0. The van der Waals surface area contributed by atoms with Gasteiger partial charge in [-0.15, -0.1) is 0 Å². The van der Waals surface area contributed by atoms with Crippen LogP contribution in [0.4, 0.5) is 0 Å². The first kappa shape index (κ1) is 30.3. The number of allylic oxidation sites excluding steroid dienone is 3. The Morgan fingerprint density at radius 3 is 0.860 bits per heavy atom. The molecule has 0 amide bonds. The summed E-state index contributed by atoms with van der Waals surface area (Å²) in [6.07, 6.45) is 31.9. The van der Waals surface area contributed by atoms with Gasteiger partial charge < -0.3 is 0 Å². The maximum Gasteiger partial charge on any atom is -0.0204 e. The average Bonchev–Trinajstić information content (AvgIpc) is 3.09. The second-order valence-corrected chi connectivity index (χ2v) is 16.5. The molecule has 0 unspecified atom stereocenters. The van der Waals surface area contributed by atoms with Crippen LogP contribution < -0.4 is 0 Å². The zero-order valence-corrected chi connectivity index (χ0v) is 26.9. The van der Waals surface area contributed by atoms with Crippen LogP contribution in [0, 0.1) is 17.8 Å². The normalized spacial score (nSPS) is 29.3. The highest BCUT2D eigenvalue weighted by Crippen LogP contribution is 2.62. The molecule has 0 heterocycles. The molecule has 224 valence electrons. The highest BCUT2D eigenvalue weighted by molar-refractivity contribution is 7.60. The predicted molar refractivity (Wildman–Crippen MR) is 191 cm³/mol. The second kappa shape index (κ2) is 15.9. The lowest BCUT2D eigenvalue weighted by atomic mass is 9.87. The summed E-state index contributed by atoms with van der Waals surface area (Å²) in [6.45, 7) is 0. The molecule has 0 bridgehead atoms. The van der Waals surface area contributed by atoms with E-state index in [1.54, 1.807) is 0 Å². The van der Waals surface area contributed by atoms with E-state index in [4.69, 9.17) is 0 Å². The average molecular weight is 587 g/mol. The smallest absolute Gasteiger partial charge is 0.0204 e. The quantitative estimate of drug-likeness (QED) is 0.219. The molecule has 3 aliphatic carbocycles. The van der Waals surface area contributed by atoms with Gasteiger partial charge in [0.25, 0.3) is 0 Å². The van der Waals surface area contributed by atoms with Gasteiger partial charge in [0.15, 0.2) is 0 Å².